The Morgan fingerprint density at radius 3 is 2.81 bits per heavy atom. The maximum Gasteiger partial charge on any atom is 0.0690 e. The zero-order valence-electron chi connectivity index (χ0n) is 13.4. The summed E-state index contributed by atoms with van der Waals surface area (Å²) in [6.07, 6.45) is 6.38. The number of pyridine rings is 1. The second kappa shape index (κ2) is 5.34. The molecule has 0 radical (unpaired) electrons. The van der Waals surface area contributed by atoms with Crippen molar-refractivity contribution in [2.24, 2.45) is 17.1 Å². The van der Waals surface area contributed by atoms with Crippen molar-refractivity contribution in [2.75, 3.05) is 20.2 Å². The lowest BCUT2D eigenvalue weighted by Crippen LogP contribution is -2.80. The van der Waals surface area contributed by atoms with Crippen LogP contribution in [0.4, 0.5) is 0 Å². The Labute approximate surface area is 127 Å². The van der Waals surface area contributed by atoms with E-state index >= 15 is 0 Å². The second-order valence-corrected chi connectivity index (χ2v) is 7.33. The molecule has 2 fully saturated rings. The second-order valence-electron chi connectivity index (χ2n) is 7.33. The molecule has 116 valence electrons. The lowest BCUT2D eigenvalue weighted by molar-refractivity contribution is -0.231. The summed E-state index contributed by atoms with van der Waals surface area (Å²) in [7, 11) is 2.15. The number of rotatable bonds is 4. The predicted octanol–water partition coefficient (Wildman–Crippen LogP) is 2.05. The van der Waals surface area contributed by atoms with Gasteiger partial charge in [0.05, 0.1) is 6.10 Å². The summed E-state index contributed by atoms with van der Waals surface area (Å²) in [5.41, 5.74) is 8.03. The SMILES string of the molecule is CN(Cc1ccncc1)CC1(N)C2CCCOC2C1(C)C. The number of ether oxygens (including phenoxy) is 1. The molecule has 1 aromatic rings. The van der Waals surface area contributed by atoms with Crippen LogP contribution in [-0.2, 0) is 11.3 Å². The zero-order valence-corrected chi connectivity index (χ0v) is 13.4. The van der Waals surface area contributed by atoms with Crippen LogP contribution in [-0.4, -0.2) is 41.7 Å². The van der Waals surface area contributed by atoms with Gasteiger partial charge >= 0.3 is 0 Å². The Bertz CT molecular complexity index is 490. The van der Waals surface area contributed by atoms with E-state index in [0.717, 1.165) is 26.1 Å². The minimum atomic E-state index is -0.153. The first-order valence-corrected chi connectivity index (χ1v) is 7.93. The lowest BCUT2D eigenvalue weighted by Gasteiger charge is -2.67. The van der Waals surface area contributed by atoms with Gasteiger partial charge in [-0.1, -0.05) is 13.8 Å². The fourth-order valence-corrected chi connectivity index (χ4v) is 4.29. The van der Waals surface area contributed by atoms with Gasteiger partial charge in [0, 0.05) is 49.0 Å². The first-order valence-electron chi connectivity index (χ1n) is 7.93. The molecule has 0 aromatic carbocycles. The molecule has 3 atom stereocenters. The van der Waals surface area contributed by atoms with Crippen LogP contribution in [0.5, 0.6) is 0 Å². The van der Waals surface area contributed by atoms with Gasteiger partial charge in [0.15, 0.2) is 0 Å². The van der Waals surface area contributed by atoms with Crippen molar-refractivity contribution in [1.82, 2.24) is 9.88 Å². The normalized spacial score (nSPS) is 34.3. The molecule has 2 heterocycles. The molecule has 0 bridgehead atoms. The van der Waals surface area contributed by atoms with E-state index in [4.69, 9.17) is 10.5 Å². The van der Waals surface area contributed by atoms with Gasteiger partial charge in [-0.3, -0.25) is 4.98 Å². The van der Waals surface area contributed by atoms with Gasteiger partial charge in [-0.25, -0.2) is 0 Å². The van der Waals surface area contributed by atoms with Crippen LogP contribution >= 0.6 is 0 Å². The smallest absolute Gasteiger partial charge is 0.0690 e. The van der Waals surface area contributed by atoms with Crippen LogP contribution in [0.25, 0.3) is 0 Å². The van der Waals surface area contributed by atoms with Crippen LogP contribution in [0.3, 0.4) is 0 Å². The number of hydrogen-bond acceptors (Lipinski definition) is 4. The van der Waals surface area contributed by atoms with Gasteiger partial charge in [0.25, 0.3) is 0 Å². The summed E-state index contributed by atoms with van der Waals surface area (Å²) in [6.45, 7) is 7.25. The Kier molecular flexibility index (Phi) is 3.80. The van der Waals surface area contributed by atoms with Gasteiger partial charge in [0.1, 0.15) is 0 Å². The summed E-state index contributed by atoms with van der Waals surface area (Å²) in [6, 6.07) is 4.14. The van der Waals surface area contributed by atoms with E-state index < -0.39 is 0 Å². The maximum atomic E-state index is 6.86. The van der Waals surface area contributed by atoms with E-state index in [1.165, 1.54) is 12.0 Å². The average Bonchev–Trinajstić information content (AvgIpc) is 2.48. The molecule has 1 aromatic heterocycles. The molecule has 1 aliphatic heterocycles. The highest BCUT2D eigenvalue weighted by Gasteiger charge is 2.66. The van der Waals surface area contributed by atoms with Crippen molar-refractivity contribution in [3.63, 3.8) is 0 Å². The first kappa shape index (κ1) is 14.9. The summed E-state index contributed by atoms with van der Waals surface area (Å²) in [4.78, 5) is 6.41. The van der Waals surface area contributed by atoms with E-state index in [1.54, 1.807) is 0 Å². The largest absolute Gasteiger partial charge is 0.377 e. The van der Waals surface area contributed by atoms with Crippen molar-refractivity contribution >= 4 is 0 Å². The number of aromatic nitrogens is 1. The van der Waals surface area contributed by atoms with Crippen molar-refractivity contribution < 1.29 is 4.74 Å². The monoisotopic (exact) mass is 289 g/mol. The fraction of sp³-hybridized carbons (Fsp3) is 0.706. The van der Waals surface area contributed by atoms with Crippen molar-refractivity contribution in [3.05, 3.63) is 30.1 Å². The van der Waals surface area contributed by atoms with Crippen LogP contribution < -0.4 is 5.73 Å². The zero-order chi connectivity index (χ0) is 15.1. The van der Waals surface area contributed by atoms with Crippen LogP contribution in [0.15, 0.2) is 24.5 Å². The van der Waals surface area contributed by atoms with Gasteiger partial charge in [-0.2, -0.15) is 0 Å². The number of likely N-dealkylation sites (N-methyl/N-ethyl adjacent to an activating group) is 1. The highest BCUT2D eigenvalue weighted by Crippen LogP contribution is 2.57. The van der Waals surface area contributed by atoms with E-state index in [2.05, 4.69) is 42.9 Å². The number of hydrogen-bond donors (Lipinski definition) is 1. The third kappa shape index (κ3) is 2.39. The number of nitrogens with zero attached hydrogens (tertiary/aromatic N) is 2. The molecule has 2 N–H and O–H groups in total. The molecule has 1 saturated heterocycles. The number of fused-ring (bicyclic) bond motifs is 1. The minimum Gasteiger partial charge on any atom is -0.377 e. The van der Waals surface area contributed by atoms with E-state index in [1.807, 2.05) is 12.4 Å². The Morgan fingerprint density at radius 2 is 2.10 bits per heavy atom. The molecule has 4 nitrogen and oxygen atoms in total. The molecule has 3 unspecified atom stereocenters. The molecule has 1 aliphatic carbocycles. The van der Waals surface area contributed by atoms with Crippen molar-refractivity contribution in [1.29, 1.82) is 0 Å². The van der Waals surface area contributed by atoms with E-state index in [9.17, 15) is 0 Å². The Morgan fingerprint density at radius 1 is 1.38 bits per heavy atom. The highest BCUT2D eigenvalue weighted by atomic mass is 16.5. The molecule has 0 spiro atoms. The summed E-state index contributed by atoms with van der Waals surface area (Å²) in [5, 5.41) is 0. The number of nitrogens with two attached hydrogens (primary N) is 1. The van der Waals surface area contributed by atoms with Gasteiger partial charge in [-0.05, 0) is 37.6 Å². The third-order valence-electron chi connectivity index (χ3n) is 5.63. The van der Waals surface area contributed by atoms with Crippen molar-refractivity contribution in [3.8, 4) is 0 Å². The average molecular weight is 289 g/mol. The van der Waals surface area contributed by atoms with Gasteiger partial charge in [-0.15, -0.1) is 0 Å². The van der Waals surface area contributed by atoms with Crippen LogP contribution in [0, 0.1) is 11.3 Å². The molecule has 1 saturated carbocycles. The summed E-state index contributed by atoms with van der Waals surface area (Å²) < 4.78 is 5.98. The highest BCUT2D eigenvalue weighted by molar-refractivity contribution is 5.21. The van der Waals surface area contributed by atoms with Crippen molar-refractivity contribution in [2.45, 2.75) is 44.9 Å². The predicted molar refractivity (Wildman–Crippen MR) is 83.7 cm³/mol. The summed E-state index contributed by atoms with van der Waals surface area (Å²) >= 11 is 0. The molecular formula is C17H27N3O. The molecule has 4 heteroatoms. The van der Waals surface area contributed by atoms with Crippen LogP contribution in [0.2, 0.25) is 0 Å². The maximum absolute atomic E-state index is 6.86. The molecular weight excluding hydrogens is 262 g/mol. The molecule has 21 heavy (non-hydrogen) atoms. The minimum absolute atomic E-state index is 0.0462. The van der Waals surface area contributed by atoms with Gasteiger partial charge < -0.3 is 15.4 Å². The third-order valence-corrected chi connectivity index (χ3v) is 5.63. The van der Waals surface area contributed by atoms with E-state index in [-0.39, 0.29) is 11.0 Å². The quantitative estimate of drug-likeness (QED) is 0.921. The van der Waals surface area contributed by atoms with Crippen LogP contribution in [0.1, 0.15) is 32.3 Å². The Hall–Kier alpha value is -0.970. The summed E-state index contributed by atoms with van der Waals surface area (Å²) in [5.74, 6) is 0.501. The topological polar surface area (TPSA) is 51.4 Å². The molecule has 0 amide bonds. The standard InChI is InChI=1S/C17H27N3O/c1-16(2)15-14(5-4-10-21-15)17(16,18)12-20(3)11-13-6-8-19-9-7-13/h6-9,14-15H,4-5,10-12,18H2,1-3H3. The van der Waals surface area contributed by atoms with Gasteiger partial charge in [0.2, 0.25) is 0 Å². The lowest BCUT2D eigenvalue weighted by atomic mass is 9.46. The fourth-order valence-electron chi connectivity index (χ4n) is 4.29. The van der Waals surface area contributed by atoms with E-state index in [0.29, 0.717) is 12.0 Å². The first-order chi connectivity index (χ1) is 9.95. The molecule has 3 rings (SSSR count). The molecule has 2 aliphatic rings. The Balaban J connectivity index is 1.68.